The van der Waals surface area contributed by atoms with Crippen LogP contribution in [0.15, 0.2) is 41.3 Å². The molecular weight excluding hydrogens is 290 g/mol. The number of aliphatic carboxylic acids is 1. The minimum absolute atomic E-state index is 0.305. The molecule has 1 aromatic carbocycles. The van der Waals surface area contributed by atoms with Gasteiger partial charge in [0.05, 0.1) is 23.8 Å². The van der Waals surface area contributed by atoms with E-state index in [-0.39, 0.29) is 5.91 Å². The molecule has 1 amide bonds. The smallest absolute Gasteiger partial charge is 0.310 e. The molecule has 3 rings (SSSR count). The van der Waals surface area contributed by atoms with E-state index in [1.165, 1.54) is 11.8 Å². The van der Waals surface area contributed by atoms with Gasteiger partial charge in [0.25, 0.3) is 0 Å². The second kappa shape index (κ2) is 5.54. The first-order valence-corrected chi connectivity index (χ1v) is 7.85. The summed E-state index contributed by atoms with van der Waals surface area (Å²) in [4.78, 5) is 24.8. The number of hydrogen-bond donors (Lipinski definition) is 2. The van der Waals surface area contributed by atoms with E-state index in [4.69, 9.17) is 4.74 Å². The van der Waals surface area contributed by atoms with Crippen LogP contribution in [0.25, 0.3) is 0 Å². The van der Waals surface area contributed by atoms with Crippen LogP contribution in [-0.4, -0.2) is 35.4 Å². The van der Waals surface area contributed by atoms with Gasteiger partial charge in [-0.2, -0.15) is 0 Å². The molecule has 5 nitrogen and oxygen atoms in total. The molecule has 2 N–H and O–H groups in total. The van der Waals surface area contributed by atoms with Crippen LogP contribution in [0.5, 0.6) is 0 Å². The number of para-hydroxylation sites is 1. The van der Waals surface area contributed by atoms with Gasteiger partial charge < -0.3 is 15.2 Å². The van der Waals surface area contributed by atoms with Crippen molar-refractivity contribution in [1.82, 2.24) is 0 Å². The first-order valence-electron chi connectivity index (χ1n) is 6.62. The predicted molar refractivity (Wildman–Crippen MR) is 79.3 cm³/mol. The topological polar surface area (TPSA) is 75.6 Å². The van der Waals surface area contributed by atoms with Crippen LogP contribution in [-0.2, 0) is 14.3 Å². The fraction of sp³-hybridized carbons (Fsp3) is 0.333. The quantitative estimate of drug-likeness (QED) is 0.657. The summed E-state index contributed by atoms with van der Waals surface area (Å²) in [5, 5.41) is 12.2. The Morgan fingerprint density at radius 3 is 2.52 bits per heavy atom. The Kier molecular flexibility index (Phi) is 3.73. The van der Waals surface area contributed by atoms with E-state index in [9.17, 15) is 14.7 Å². The summed E-state index contributed by atoms with van der Waals surface area (Å²) in [5.41, 5.74) is 0.700. The fourth-order valence-electron chi connectivity index (χ4n) is 2.88. The average Bonchev–Trinajstić information content (AvgIpc) is 3.08. The average molecular weight is 305 g/mol. The second-order valence-corrected chi connectivity index (χ2v) is 5.88. The van der Waals surface area contributed by atoms with Crippen LogP contribution in [0.2, 0.25) is 0 Å². The van der Waals surface area contributed by atoms with Gasteiger partial charge >= 0.3 is 5.97 Å². The Bertz CT molecular complexity index is 615. The van der Waals surface area contributed by atoms with Crippen molar-refractivity contribution < 1.29 is 19.4 Å². The first-order chi connectivity index (χ1) is 10.1. The number of carbonyl (C=O) groups excluding carboxylic acids is 1. The molecule has 0 aromatic heterocycles. The van der Waals surface area contributed by atoms with Crippen LogP contribution < -0.4 is 5.32 Å². The van der Waals surface area contributed by atoms with E-state index in [2.05, 4.69) is 5.32 Å². The molecule has 2 bridgehead atoms. The van der Waals surface area contributed by atoms with Gasteiger partial charge in [-0.15, -0.1) is 11.8 Å². The van der Waals surface area contributed by atoms with Gasteiger partial charge in [-0.05, 0) is 18.4 Å². The molecule has 0 radical (unpaired) electrons. The number of rotatable bonds is 4. The number of ether oxygens (including phenoxy) is 1. The summed E-state index contributed by atoms with van der Waals surface area (Å²) in [5.74, 6) is -2.81. The Hall–Kier alpha value is -1.79. The lowest BCUT2D eigenvalue weighted by molar-refractivity contribution is -0.145. The zero-order valence-electron chi connectivity index (χ0n) is 11.4. The van der Waals surface area contributed by atoms with Crippen LogP contribution in [0.3, 0.4) is 0 Å². The standard InChI is InChI=1S/C15H15NO4S/c1-21-11-5-3-2-4-8(11)16-14(17)12-9-6-7-10(20-9)13(12)15(18)19/h2-7,9-10,12-13H,1H3,(H,16,17)(H,18,19)/t9-,10-,12+,13-/m0/s1. The number of benzene rings is 1. The predicted octanol–water partition coefficient (Wildman–Crippen LogP) is 2.00. The number of hydrogen-bond acceptors (Lipinski definition) is 4. The molecule has 2 heterocycles. The second-order valence-electron chi connectivity index (χ2n) is 5.03. The Labute approximate surface area is 126 Å². The molecule has 0 aliphatic carbocycles. The van der Waals surface area contributed by atoms with Crippen molar-refractivity contribution in [2.45, 2.75) is 17.1 Å². The molecular formula is C15H15NO4S. The maximum absolute atomic E-state index is 12.5. The number of carbonyl (C=O) groups is 2. The Morgan fingerprint density at radius 1 is 1.19 bits per heavy atom. The van der Waals surface area contributed by atoms with Crippen LogP contribution in [0.4, 0.5) is 5.69 Å². The maximum atomic E-state index is 12.5. The number of amides is 1. The van der Waals surface area contributed by atoms with Crippen LogP contribution in [0.1, 0.15) is 0 Å². The maximum Gasteiger partial charge on any atom is 0.310 e. The minimum Gasteiger partial charge on any atom is -0.481 e. The summed E-state index contributed by atoms with van der Waals surface area (Å²) in [6, 6.07) is 7.45. The summed E-state index contributed by atoms with van der Waals surface area (Å²) < 4.78 is 5.52. The lowest BCUT2D eigenvalue weighted by atomic mass is 9.82. The molecule has 1 aromatic rings. The molecule has 6 heteroatoms. The number of anilines is 1. The monoisotopic (exact) mass is 305 g/mol. The number of thioether (sulfide) groups is 1. The van der Waals surface area contributed by atoms with Gasteiger partial charge in [-0.1, -0.05) is 24.3 Å². The van der Waals surface area contributed by atoms with Crippen molar-refractivity contribution in [3.63, 3.8) is 0 Å². The Balaban J connectivity index is 1.82. The highest BCUT2D eigenvalue weighted by Gasteiger charge is 2.53. The van der Waals surface area contributed by atoms with E-state index in [1.807, 2.05) is 30.5 Å². The molecule has 0 saturated carbocycles. The van der Waals surface area contributed by atoms with Gasteiger partial charge in [0.2, 0.25) is 5.91 Å². The van der Waals surface area contributed by atoms with Crippen molar-refractivity contribution in [2.24, 2.45) is 11.8 Å². The van der Waals surface area contributed by atoms with Gasteiger partial charge in [-0.3, -0.25) is 9.59 Å². The molecule has 2 aliphatic rings. The van der Waals surface area contributed by atoms with E-state index >= 15 is 0 Å². The zero-order valence-corrected chi connectivity index (χ0v) is 12.2. The van der Waals surface area contributed by atoms with Crippen molar-refractivity contribution in [1.29, 1.82) is 0 Å². The van der Waals surface area contributed by atoms with Gasteiger partial charge in [0, 0.05) is 4.90 Å². The Morgan fingerprint density at radius 2 is 1.86 bits per heavy atom. The normalized spacial score (nSPS) is 29.6. The molecule has 1 saturated heterocycles. The molecule has 4 atom stereocenters. The number of carboxylic acid groups (broad SMARTS) is 1. The van der Waals surface area contributed by atoms with E-state index in [0.717, 1.165) is 4.90 Å². The largest absolute Gasteiger partial charge is 0.481 e. The zero-order chi connectivity index (χ0) is 15.0. The molecule has 21 heavy (non-hydrogen) atoms. The minimum atomic E-state index is -0.995. The summed E-state index contributed by atoms with van der Waals surface area (Å²) >= 11 is 1.53. The lowest BCUT2D eigenvalue weighted by Gasteiger charge is -2.21. The first kappa shape index (κ1) is 14.2. The van der Waals surface area contributed by atoms with Gasteiger partial charge in [-0.25, -0.2) is 0 Å². The van der Waals surface area contributed by atoms with Crippen molar-refractivity contribution in [3.8, 4) is 0 Å². The van der Waals surface area contributed by atoms with Crippen LogP contribution >= 0.6 is 11.8 Å². The molecule has 1 fully saturated rings. The van der Waals surface area contributed by atoms with E-state index < -0.39 is 30.0 Å². The third kappa shape index (κ3) is 2.45. The third-order valence-corrected chi connectivity index (χ3v) is 4.65. The highest BCUT2D eigenvalue weighted by molar-refractivity contribution is 7.98. The van der Waals surface area contributed by atoms with Gasteiger partial charge in [0.15, 0.2) is 0 Å². The van der Waals surface area contributed by atoms with Crippen molar-refractivity contribution >= 4 is 29.3 Å². The van der Waals surface area contributed by atoms with E-state index in [1.54, 1.807) is 12.2 Å². The number of fused-ring (bicyclic) bond motifs is 2. The van der Waals surface area contributed by atoms with Crippen molar-refractivity contribution in [2.75, 3.05) is 11.6 Å². The number of carboxylic acids is 1. The number of nitrogens with one attached hydrogen (secondary N) is 1. The SMILES string of the molecule is CSc1ccccc1NC(=O)[C@H]1[C@@H](C(=O)O)[C@@H]2C=C[C@@H]1O2. The fourth-order valence-corrected chi connectivity index (χ4v) is 3.43. The molecule has 0 unspecified atom stereocenters. The summed E-state index contributed by atoms with van der Waals surface area (Å²) in [7, 11) is 0. The molecule has 2 aliphatic heterocycles. The van der Waals surface area contributed by atoms with E-state index in [0.29, 0.717) is 5.69 Å². The van der Waals surface area contributed by atoms with Crippen molar-refractivity contribution in [3.05, 3.63) is 36.4 Å². The highest BCUT2D eigenvalue weighted by atomic mass is 32.2. The third-order valence-electron chi connectivity index (χ3n) is 3.85. The van der Waals surface area contributed by atoms with Gasteiger partial charge in [0.1, 0.15) is 5.92 Å². The van der Waals surface area contributed by atoms with Crippen LogP contribution in [0, 0.1) is 11.8 Å². The lowest BCUT2D eigenvalue weighted by Crippen LogP contribution is -2.39. The molecule has 110 valence electrons. The highest BCUT2D eigenvalue weighted by Crippen LogP contribution is 2.40. The molecule has 0 spiro atoms. The summed E-state index contributed by atoms with van der Waals surface area (Å²) in [6.45, 7) is 0. The summed E-state index contributed by atoms with van der Waals surface area (Å²) in [6.07, 6.45) is 4.48.